The van der Waals surface area contributed by atoms with Crippen LogP contribution in [0.15, 0.2) is 24.5 Å². The molecule has 0 aliphatic rings. The number of carbonyl (C=O) groups is 1. The van der Waals surface area contributed by atoms with Crippen LogP contribution in [-0.2, 0) is 0 Å². The SMILES string of the molecule is NC(=O)n1cnc(-c2cc(F)ccc2F)n1. The largest absolute Gasteiger partial charge is 0.350 e. The van der Waals surface area contributed by atoms with Gasteiger partial charge in [0.1, 0.15) is 18.0 Å². The van der Waals surface area contributed by atoms with Gasteiger partial charge in [-0.15, -0.1) is 5.10 Å². The van der Waals surface area contributed by atoms with Crippen LogP contribution < -0.4 is 5.73 Å². The fraction of sp³-hybridized carbons (Fsp3) is 0. The third-order valence-electron chi connectivity index (χ3n) is 1.89. The van der Waals surface area contributed by atoms with Crippen molar-refractivity contribution in [1.29, 1.82) is 0 Å². The van der Waals surface area contributed by atoms with Crippen LogP contribution in [0.3, 0.4) is 0 Å². The van der Waals surface area contributed by atoms with Crippen molar-refractivity contribution >= 4 is 6.03 Å². The summed E-state index contributed by atoms with van der Waals surface area (Å²) in [5.41, 5.74) is 4.80. The topological polar surface area (TPSA) is 73.8 Å². The number of aromatic nitrogens is 3. The van der Waals surface area contributed by atoms with Gasteiger partial charge in [0.25, 0.3) is 0 Å². The molecule has 0 aliphatic carbocycles. The highest BCUT2D eigenvalue weighted by molar-refractivity contribution is 5.73. The van der Waals surface area contributed by atoms with Gasteiger partial charge in [0, 0.05) is 0 Å². The van der Waals surface area contributed by atoms with Gasteiger partial charge < -0.3 is 5.73 Å². The third kappa shape index (κ3) is 1.74. The predicted molar refractivity (Wildman–Crippen MR) is 50.4 cm³/mol. The van der Waals surface area contributed by atoms with Gasteiger partial charge in [0.05, 0.1) is 5.56 Å². The van der Waals surface area contributed by atoms with E-state index in [2.05, 4.69) is 10.1 Å². The van der Waals surface area contributed by atoms with Crippen LogP contribution in [0.25, 0.3) is 11.4 Å². The standard InChI is InChI=1S/C9H6F2N4O/c10-5-1-2-7(11)6(3-5)8-13-4-15(14-8)9(12)16/h1-4H,(H2,12,16). The van der Waals surface area contributed by atoms with Crippen molar-refractivity contribution in [3.63, 3.8) is 0 Å². The van der Waals surface area contributed by atoms with Crippen LogP contribution in [0.5, 0.6) is 0 Å². The van der Waals surface area contributed by atoms with Crippen molar-refractivity contribution in [2.45, 2.75) is 0 Å². The molecule has 0 saturated carbocycles. The number of hydrogen-bond donors (Lipinski definition) is 1. The minimum absolute atomic E-state index is 0.101. The van der Waals surface area contributed by atoms with E-state index in [1.807, 2.05) is 0 Å². The lowest BCUT2D eigenvalue weighted by atomic mass is 10.2. The second-order valence-electron chi connectivity index (χ2n) is 2.98. The zero-order valence-electron chi connectivity index (χ0n) is 7.89. The molecule has 0 saturated heterocycles. The molecule has 0 aliphatic heterocycles. The van der Waals surface area contributed by atoms with Crippen molar-refractivity contribution in [3.8, 4) is 11.4 Å². The molecule has 0 spiro atoms. The molecule has 1 heterocycles. The summed E-state index contributed by atoms with van der Waals surface area (Å²) in [5, 5.41) is 3.61. The monoisotopic (exact) mass is 224 g/mol. The number of nitrogens with two attached hydrogens (primary N) is 1. The Bertz CT molecular complexity index is 552. The summed E-state index contributed by atoms with van der Waals surface area (Å²) in [7, 11) is 0. The molecule has 2 aromatic rings. The lowest BCUT2D eigenvalue weighted by Gasteiger charge is -1.97. The Morgan fingerprint density at radius 3 is 2.75 bits per heavy atom. The highest BCUT2D eigenvalue weighted by Gasteiger charge is 2.12. The highest BCUT2D eigenvalue weighted by Crippen LogP contribution is 2.19. The molecule has 0 atom stereocenters. The number of halogens is 2. The van der Waals surface area contributed by atoms with E-state index in [0.29, 0.717) is 0 Å². The highest BCUT2D eigenvalue weighted by atomic mass is 19.1. The van der Waals surface area contributed by atoms with Crippen molar-refractivity contribution in [2.24, 2.45) is 5.73 Å². The fourth-order valence-corrected chi connectivity index (χ4v) is 1.16. The molecule has 1 aromatic carbocycles. The van der Waals surface area contributed by atoms with Crippen molar-refractivity contribution in [3.05, 3.63) is 36.2 Å². The maximum absolute atomic E-state index is 13.3. The molecule has 82 valence electrons. The van der Waals surface area contributed by atoms with Crippen LogP contribution >= 0.6 is 0 Å². The summed E-state index contributed by atoms with van der Waals surface area (Å²) in [6, 6.07) is 2.02. The molecule has 1 aromatic heterocycles. The lowest BCUT2D eigenvalue weighted by Crippen LogP contribution is -2.19. The summed E-state index contributed by atoms with van der Waals surface area (Å²) in [4.78, 5) is 14.4. The van der Waals surface area contributed by atoms with Crippen LogP contribution in [-0.4, -0.2) is 20.8 Å². The number of carbonyl (C=O) groups excluding carboxylic acids is 1. The first-order valence-electron chi connectivity index (χ1n) is 4.25. The van der Waals surface area contributed by atoms with Gasteiger partial charge in [0.15, 0.2) is 5.82 Å². The molecular weight excluding hydrogens is 218 g/mol. The van der Waals surface area contributed by atoms with Crippen LogP contribution in [0.2, 0.25) is 0 Å². The summed E-state index contributed by atoms with van der Waals surface area (Å²) in [5.74, 6) is -1.40. The van der Waals surface area contributed by atoms with E-state index in [9.17, 15) is 13.6 Å². The summed E-state index contributed by atoms with van der Waals surface area (Å²) in [6.07, 6.45) is 1.03. The number of amides is 1. The lowest BCUT2D eigenvalue weighted by molar-refractivity contribution is 0.247. The normalized spacial score (nSPS) is 10.4. The van der Waals surface area contributed by atoms with E-state index < -0.39 is 17.7 Å². The van der Waals surface area contributed by atoms with E-state index in [4.69, 9.17) is 5.73 Å². The van der Waals surface area contributed by atoms with Crippen molar-refractivity contribution < 1.29 is 13.6 Å². The number of hydrogen-bond acceptors (Lipinski definition) is 3. The summed E-state index contributed by atoms with van der Waals surface area (Å²) in [6.45, 7) is 0. The van der Waals surface area contributed by atoms with Gasteiger partial charge in [-0.1, -0.05) is 0 Å². The van der Waals surface area contributed by atoms with Crippen molar-refractivity contribution in [2.75, 3.05) is 0 Å². The molecule has 0 radical (unpaired) electrons. The fourth-order valence-electron chi connectivity index (χ4n) is 1.16. The first-order chi connectivity index (χ1) is 7.58. The molecule has 0 unspecified atom stereocenters. The number of nitrogens with zero attached hydrogens (tertiary/aromatic N) is 3. The average molecular weight is 224 g/mol. The minimum atomic E-state index is -0.851. The van der Waals surface area contributed by atoms with Gasteiger partial charge in [-0.3, -0.25) is 0 Å². The Morgan fingerprint density at radius 1 is 1.38 bits per heavy atom. The number of benzene rings is 1. The first kappa shape index (κ1) is 10.2. The second-order valence-corrected chi connectivity index (χ2v) is 2.98. The van der Waals surface area contributed by atoms with Crippen LogP contribution in [0.1, 0.15) is 0 Å². The Hall–Kier alpha value is -2.31. The first-order valence-corrected chi connectivity index (χ1v) is 4.25. The van der Waals surface area contributed by atoms with E-state index in [0.717, 1.165) is 29.2 Å². The molecule has 0 fully saturated rings. The Kier molecular flexibility index (Phi) is 2.35. The molecule has 7 heteroatoms. The smallest absolute Gasteiger partial charge is 0.340 e. The van der Waals surface area contributed by atoms with Crippen molar-refractivity contribution in [1.82, 2.24) is 14.8 Å². The molecule has 2 N–H and O–H groups in total. The minimum Gasteiger partial charge on any atom is -0.350 e. The quantitative estimate of drug-likeness (QED) is 0.789. The maximum Gasteiger partial charge on any atom is 0.340 e. The van der Waals surface area contributed by atoms with Gasteiger partial charge >= 0.3 is 6.03 Å². The van der Waals surface area contributed by atoms with E-state index in [1.165, 1.54) is 0 Å². The zero-order chi connectivity index (χ0) is 11.7. The van der Waals surface area contributed by atoms with Crippen LogP contribution in [0.4, 0.5) is 13.6 Å². The number of rotatable bonds is 1. The molecular formula is C9H6F2N4O. The van der Waals surface area contributed by atoms with Gasteiger partial charge in [-0.25, -0.2) is 18.6 Å². The average Bonchev–Trinajstić information content (AvgIpc) is 2.70. The van der Waals surface area contributed by atoms with E-state index >= 15 is 0 Å². The molecule has 16 heavy (non-hydrogen) atoms. The number of primary amides is 1. The Labute approximate surface area is 88.5 Å². The molecule has 2 rings (SSSR count). The van der Waals surface area contributed by atoms with E-state index in [-0.39, 0.29) is 11.4 Å². The predicted octanol–water partition coefficient (Wildman–Crippen LogP) is 1.15. The van der Waals surface area contributed by atoms with Gasteiger partial charge in [-0.2, -0.15) is 4.68 Å². The molecule has 1 amide bonds. The molecule has 5 nitrogen and oxygen atoms in total. The Morgan fingerprint density at radius 2 is 2.12 bits per heavy atom. The summed E-state index contributed by atoms with van der Waals surface area (Å²) < 4.78 is 26.9. The van der Waals surface area contributed by atoms with Gasteiger partial charge in [-0.05, 0) is 18.2 Å². The third-order valence-corrected chi connectivity index (χ3v) is 1.89. The second kappa shape index (κ2) is 3.69. The Balaban J connectivity index is 2.50. The van der Waals surface area contributed by atoms with E-state index in [1.54, 1.807) is 0 Å². The maximum atomic E-state index is 13.3. The van der Waals surface area contributed by atoms with Gasteiger partial charge in [0.2, 0.25) is 0 Å². The molecule has 0 bridgehead atoms. The summed E-state index contributed by atoms with van der Waals surface area (Å²) >= 11 is 0. The van der Waals surface area contributed by atoms with Crippen LogP contribution in [0, 0.1) is 11.6 Å². The zero-order valence-corrected chi connectivity index (χ0v) is 7.89.